The van der Waals surface area contributed by atoms with Crippen LogP contribution in [0.2, 0.25) is 0 Å². The van der Waals surface area contributed by atoms with Gasteiger partial charge in [0.15, 0.2) is 9.84 Å². The number of thiazole rings is 1. The molecule has 1 atom stereocenters. The summed E-state index contributed by atoms with van der Waals surface area (Å²) in [7, 11) is -3.26. The largest absolute Gasteiger partial charge is 0.394 e. The second-order valence-electron chi connectivity index (χ2n) is 4.55. The quantitative estimate of drug-likeness (QED) is 0.828. The van der Waals surface area contributed by atoms with E-state index in [-0.39, 0.29) is 23.2 Å². The summed E-state index contributed by atoms with van der Waals surface area (Å²) >= 11 is 1.20. The molecular formula is C14H16N2O4S2. The molecule has 0 spiro atoms. The lowest BCUT2D eigenvalue weighted by atomic mass is 10.1. The first kappa shape index (κ1) is 16.6. The molecule has 118 valence electrons. The average Bonchev–Trinajstić information content (AvgIpc) is 3.07. The van der Waals surface area contributed by atoms with Gasteiger partial charge in [0.25, 0.3) is 5.91 Å². The number of rotatable bonds is 6. The van der Waals surface area contributed by atoms with Gasteiger partial charge >= 0.3 is 0 Å². The van der Waals surface area contributed by atoms with Crippen molar-refractivity contribution in [2.24, 2.45) is 0 Å². The maximum absolute atomic E-state index is 12.0. The third-order valence-corrected chi connectivity index (χ3v) is 5.69. The molecule has 22 heavy (non-hydrogen) atoms. The molecule has 0 aliphatic rings. The van der Waals surface area contributed by atoms with E-state index in [9.17, 15) is 18.3 Å². The van der Waals surface area contributed by atoms with Crippen LogP contribution < -0.4 is 5.32 Å². The molecule has 0 saturated carbocycles. The van der Waals surface area contributed by atoms with Crippen molar-refractivity contribution in [3.8, 4) is 0 Å². The Morgan fingerprint density at radius 2 is 2.05 bits per heavy atom. The summed E-state index contributed by atoms with van der Waals surface area (Å²) in [4.78, 5) is 16.5. The monoisotopic (exact) mass is 340 g/mol. The first-order valence-electron chi connectivity index (χ1n) is 6.61. The van der Waals surface area contributed by atoms with Gasteiger partial charge in [-0.15, -0.1) is 11.3 Å². The fourth-order valence-corrected chi connectivity index (χ4v) is 3.27. The second-order valence-corrected chi connectivity index (χ2v) is 7.71. The first-order valence-corrected chi connectivity index (χ1v) is 9.14. The van der Waals surface area contributed by atoms with Crippen LogP contribution in [-0.2, 0) is 9.84 Å². The topological polar surface area (TPSA) is 96.4 Å². The Morgan fingerprint density at radius 1 is 1.36 bits per heavy atom. The van der Waals surface area contributed by atoms with E-state index in [1.165, 1.54) is 29.7 Å². The number of amides is 1. The molecule has 0 aliphatic heterocycles. The Hall–Kier alpha value is -1.77. The van der Waals surface area contributed by atoms with Crippen LogP contribution in [-0.4, -0.2) is 36.8 Å². The van der Waals surface area contributed by atoms with Gasteiger partial charge in [-0.25, -0.2) is 8.42 Å². The van der Waals surface area contributed by atoms with Crippen LogP contribution in [0.5, 0.6) is 0 Å². The smallest absolute Gasteiger partial charge is 0.263 e. The fourth-order valence-electron chi connectivity index (χ4n) is 1.87. The van der Waals surface area contributed by atoms with Crippen molar-refractivity contribution >= 4 is 27.1 Å². The maximum Gasteiger partial charge on any atom is 0.263 e. The molecule has 1 heterocycles. The zero-order chi connectivity index (χ0) is 16.2. The number of carbonyl (C=O) groups is 1. The molecule has 8 heteroatoms. The molecule has 0 fully saturated rings. The van der Waals surface area contributed by atoms with Crippen LogP contribution in [0.1, 0.15) is 28.2 Å². The van der Waals surface area contributed by atoms with E-state index in [0.29, 0.717) is 10.4 Å². The predicted molar refractivity (Wildman–Crippen MR) is 83.6 cm³/mol. The van der Waals surface area contributed by atoms with Crippen molar-refractivity contribution in [1.82, 2.24) is 10.3 Å². The highest BCUT2D eigenvalue weighted by Gasteiger charge is 2.17. The van der Waals surface area contributed by atoms with Gasteiger partial charge in [0.2, 0.25) is 0 Å². The number of nitrogens with zero attached hydrogens (tertiary/aromatic N) is 1. The molecule has 0 aliphatic carbocycles. The lowest BCUT2D eigenvalue weighted by Crippen LogP contribution is -2.30. The highest BCUT2D eigenvalue weighted by atomic mass is 32.2. The molecule has 6 nitrogen and oxygen atoms in total. The summed E-state index contributed by atoms with van der Waals surface area (Å²) in [5, 5.41) is 12.1. The molecule has 1 amide bonds. The van der Waals surface area contributed by atoms with Gasteiger partial charge in [0.05, 0.1) is 35.0 Å². The van der Waals surface area contributed by atoms with Gasteiger partial charge in [-0.05, 0) is 17.7 Å². The molecular weight excluding hydrogens is 324 g/mol. The zero-order valence-corrected chi connectivity index (χ0v) is 13.5. The van der Waals surface area contributed by atoms with E-state index in [2.05, 4.69) is 10.3 Å². The molecule has 2 rings (SSSR count). The van der Waals surface area contributed by atoms with Crippen molar-refractivity contribution in [3.05, 3.63) is 46.4 Å². The van der Waals surface area contributed by atoms with E-state index in [1.807, 2.05) is 0 Å². The van der Waals surface area contributed by atoms with Gasteiger partial charge in [-0.1, -0.05) is 19.1 Å². The van der Waals surface area contributed by atoms with Crippen LogP contribution >= 0.6 is 11.3 Å². The van der Waals surface area contributed by atoms with Crippen molar-refractivity contribution < 1.29 is 18.3 Å². The number of hydrogen-bond donors (Lipinski definition) is 2. The summed E-state index contributed by atoms with van der Waals surface area (Å²) in [6.07, 6.45) is 1.45. The third kappa shape index (κ3) is 3.70. The fraction of sp³-hybridized carbons (Fsp3) is 0.286. The molecule has 0 saturated heterocycles. The summed E-state index contributed by atoms with van der Waals surface area (Å²) in [6.45, 7) is 1.29. The van der Waals surface area contributed by atoms with Crippen molar-refractivity contribution in [1.29, 1.82) is 0 Å². The third-order valence-electron chi connectivity index (χ3n) is 3.17. The zero-order valence-electron chi connectivity index (χ0n) is 11.9. The number of carbonyl (C=O) groups excluding carboxylic acids is 1. The van der Waals surface area contributed by atoms with E-state index < -0.39 is 15.9 Å². The SMILES string of the molecule is CCS(=O)(=O)c1ccc([C@@H](CO)NC(=O)c2cncs2)cc1. The number of aromatic nitrogens is 1. The summed E-state index contributed by atoms with van der Waals surface area (Å²) in [6, 6.07) is 5.55. The summed E-state index contributed by atoms with van der Waals surface area (Å²) in [5.41, 5.74) is 2.18. The molecule has 0 bridgehead atoms. The lowest BCUT2D eigenvalue weighted by molar-refractivity contribution is 0.0920. The minimum atomic E-state index is -3.26. The van der Waals surface area contributed by atoms with Crippen LogP contribution in [0.3, 0.4) is 0 Å². The Kier molecular flexibility index (Phi) is 5.28. The van der Waals surface area contributed by atoms with Gasteiger partial charge in [-0.2, -0.15) is 0 Å². The van der Waals surface area contributed by atoms with Gasteiger partial charge in [0.1, 0.15) is 4.88 Å². The van der Waals surface area contributed by atoms with Crippen LogP contribution in [0.4, 0.5) is 0 Å². The molecule has 0 unspecified atom stereocenters. The van der Waals surface area contributed by atoms with E-state index in [4.69, 9.17) is 0 Å². The Balaban J connectivity index is 2.16. The minimum absolute atomic E-state index is 0.0257. The average molecular weight is 340 g/mol. The van der Waals surface area contributed by atoms with Crippen molar-refractivity contribution in [2.75, 3.05) is 12.4 Å². The van der Waals surface area contributed by atoms with Gasteiger partial charge < -0.3 is 10.4 Å². The second kappa shape index (κ2) is 6.99. The number of benzene rings is 1. The van der Waals surface area contributed by atoms with E-state index in [1.54, 1.807) is 24.6 Å². The minimum Gasteiger partial charge on any atom is -0.394 e. The molecule has 2 aromatic rings. The lowest BCUT2D eigenvalue weighted by Gasteiger charge is -2.16. The number of hydrogen-bond acceptors (Lipinski definition) is 6. The molecule has 2 N–H and O–H groups in total. The number of sulfone groups is 1. The van der Waals surface area contributed by atoms with Crippen LogP contribution in [0.15, 0.2) is 40.9 Å². The summed E-state index contributed by atoms with van der Waals surface area (Å²) in [5.74, 6) is -0.301. The van der Waals surface area contributed by atoms with E-state index in [0.717, 1.165) is 0 Å². The normalized spacial score (nSPS) is 12.8. The standard InChI is InChI=1S/C14H16N2O4S2/c1-2-22(19,20)11-5-3-10(4-6-11)12(8-17)16-14(18)13-7-15-9-21-13/h3-7,9,12,17H,2,8H2,1H3,(H,16,18)/t12-/m1/s1. The van der Waals surface area contributed by atoms with Gasteiger partial charge in [0, 0.05) is 0 Å². The Labute approximate surface area is 132 Å². The van der Waals surface area contributed by atoms with Gasteiger partial charge in [-0.3, -0.25) is 9.78 Å². The maximum atomic E-state index is 12.0. The highest BCUT2D eigenvalue weighted by molar-refractivity contribution is 7.91. The van der Waals surface area contributed by atoms with Crippen LogP contribution in [0, 0.1) is 0 Å². The van der Waals surface area contributed by atoms with Crippen LogP contribution in [0.25, 0.3) is 0 Å². The summed E-state index contributed by atoms with van der Waals surface area (Å²) < 4.78 is 23.5. The van der Waals surface area contributed by atoms with Crippen molar-refractivity contribution in [3.63, 3.8) is 0 Å². The van der Waals surface area contributed by atoms with Crippen molar-refractivity contribution in [2.45, 2.75) is 17.9 Å². The van der Waals surface area contributed by atoms with E-state index >= 15 is 0 Å². The molecule has 0 radical (unpaired) electrons. The highest BCUT2D eigenvalue weighted by Crippen LogP contribution is 2.18. The number of aliphatic hydroxyl groups excluding tert-OH is 1. The Bertz CT molecular complexity index is 725. The molecule has 1 aromatic heterocycles. The first-order chi connectivity index (χ1) is 10.5. The number of aliphatic hydroxyl groups is 1. The Morgan fingerprint density at radius 3 is 2.55 bits per heavy atom. The number of nitrogens with one attached hydrogen (secondary N) is 1. The molecule has 1 aromatic carbocycles. The predicted octanol–water partition coefficient (Wildman–Crippen LogP) is 1.40.